The number of hydrogen-bond donors (Lipinski definition) is 4. The lowest BCUT2D eigenvalue weighted by Gasteiger charge is -2.27. The van der Waals surface area contributed by atoms with E-state index < -0.39 is 38.6 Å². The van der Waals surface area contributed by atoms with Crippen LogP contribution in [0.15, 0.2) is 45.9 Å². The predicted molar refractivity (Wildman–Crippen MR) is 105 cm³/mol. The van der Waals surface area contributed by atoms with Crippen molar-refractivity contribution >= 4 is 37.4 Å². The molecule has 1 unspecified atom stereocenters. The highest BCUT2D eigenvalue weighted by Crippen LogP contribution is 2.24. The zero-order valence-corrected chi connectivity index (χ0v) is 16.8. The van der Waals surface area contributed by atoms with Crippen LogP contribution in [0, 0.1) is 0 Å². The Balaban J connectivity index is 2.26. The van der Waals surface area contributed by atoms with E-state index in [4.69, 9.17) is 10.8 Å². The maximum Gasteiger partial charge on any atom is 0.325 e. The SMILES string of the molecule is CS(=O)(=O)Nc1cccc(S(=O)(=O)NC2CCCC(=NCC(=O)O)C2=CN)c1. The van der Waals surface area contributed by atoms with Crippen LogP contribution < -0.4 is 15.2 Å². The number of aliphatic imine (C=N–C) groups is 1. The van der Waals surface area contributed by atoms with Crippen molar-refractivity contribution in [3.63, 3.8) is 0 Å². The van der Waals surface area contributed by atoms with Crippen molar-refractivity contribution in [2.75, 3.05) is 17.5 Å². The van der Waals surface area contributed by atoms with Crippen molar-refractivity contribution in [3.8, 4) is 0 Å². The molecule has 28 heavy (non-hydrogen) atoms. The van der Waals surface area contributed by atoms with Crippen molar-refractivity contribution in [2.24, 2.45) is 10.7 Å². The zero-order valence-electron chi connectivity index (χ0n) is 15.1. The third-order valence-corrected chi connectivity index (χ3v) is 6.02. The molecule has 1 fully saturated rings. The highest BCUT2D eigenvalue weighted by molar-refractivity contribution is 7.92. The van der Waals surface area contributed by atoms with Crippen LogP contribution in [0.4, 0.5) is 5.69 Å². The van der Waals surface area contributed by atoms with Gasteiger partial charge in [-0.1, -0.05) is 6.07 Å². The van der Waals surface area contributed by atoms with Crippen LogP contribution in [-0.2, 0) is 24.8 Å². The Morgan fingerprint density at radius 2 is 2.07 bits per heavy atom. The van der Waals surface area contributed by atoms with Gasteiger partial charge in [0, 0.05) is 23.2 Å². The van der Waals surface area contributed by atoms with E-state index in [1.165, 1.54) is 30.5 Å². The number of carboxylic acid groups (broad SMARTS) is 1. The topological polar surface area (TPSA) is 168 Å². The van der Waals surface area contributed by atoms with Gasteiger partial charge in [0.2, 0.25) is 20.0 Å². The Kier molecular flexibility index (Phi) is 6.80. The van der Waals surface area contributed by atoms with Crippen molar-refractivity contribution in [1.29, 1.82) is 0 Å². The highest BCUT2D eigenvalue weighted by Gasteiger charge is 2.28. The van der Waals surface area contributed by atoms with Crippen LogP contribution in [0.1, 0.15) is 19.3 Å². The minimum absolute atomic E-state index is 0.118. The molecule has 0 heterocycles. The normalized spacial score (nSPS) is 21.0. The van der Waals surface area contributed by atoms with Crippen molar-refractivity contribution in [3.05, 3.63) is 36.0 Å². The molecule has 154 valence electrons. The second-order valence-electron chi connectivity index (χ2n) is 6.25. The van der Waals surface area contributed by atoms with E-state index in [-0.39, 0.29) is 10.6 Å². The summed E-state index contributed by atoms with van der Waals surface area (Å²) in [7, 11) is -7.54. The molecule has 0 aliphatic heterocycles. The van der Waals surface area contributed by atoms with Gasteiger partial charge in [-0.3, -0.25) is 14.5 Å². The number of carbonyl (C=O) groups is 1. The molecular weight excluding hydrogens is 408 g/mol. The molecule has 2 rings (SSSR count). The summed E-state index contributed by atoms with van der Waals surface area (Å²) in [6.45, 7) is -0.425. The monoisotopic (exact) mass is 430 g/mol. The maximum atomic E-state index is 12.8. The molecule has 1 atom stereocenters. The number of rotatable bonds is 7. The standard InChI is InChI=1S/C16H22N4O6S2/c1-27(23,24)19-11-4-2-5-12(8-11)28(25,26)20-15-7-3-6-14(13(15)9-17)18-10-16(21)22/h2,4-5,8-9,15,19-20H,3,6-7,10,17H2,1H3,(H,21,22). The summed E-state index contributed by atoms with van der Waals surface area (Å²) >= 11 is 0. The van der Waals surface area contributed by atoms with E-state index in [1.54, 1.807) is 0 Å². The summed E-state index contributed by atoms with van der Waals surface area (Å²) in [5, 5.41) is 8.79. The fourth-order valence-corrected chi connectivity index (χ4v) is 4.69. The Morgan fingerprint density at radius 1 is 1.36 bits per heavy atom. The molecular formula is C16H22N4O6S2. The lowest BCUT2D eigenvalue weighted by molar-refractivity contribution is -0.135. The molecule has 10 nitrogen and oxygen atoms in total. The van der Waals surface area contributed by atoms with E-state index in [0.717, 1.165) is 6.26 Å². The van der Waals surface area contributed by atoms with Crippen LogP contribution in [0.2, 0.25) is 0 Å². The van der Waals surface area contributed by atoms with Crippen molar-refractivity contribution in [2.45, 2.75) is 30.2 Å². The van der Waals surface area contributed by atoms with E-state index in [9.17, 15) is 21.6 Å². The minimum atomic E-state index is -3.99. The Hall–Kier alpha value is -2.44. The summed E-state index contributed by atoms with van der Waals surface area (Å²) in [5.41, 5.74) is 6.64. The molecule has 1 aromatic rings. The quantitative estimate of drug-likeness (QED) is 0.481. The van der Waals surface area contributed by atoms with Crippen LogP contribution in [0.3, 0.4) is 0 Å². The van der Waals surface area contributed by atoms with Crippen LogP contribution in [-0.4, -0.2) is 52.5 Å². The molecule has 0 saturated heterocycles. The predicted octanol–water partition coefficient (Wildman–Crippen LogP) is 0.257. The van der Waals surface area contributed by atoms with Gasteiger partial charge in [-0.05, 0) is 37.5 Å². The van der Waals surface area contributed by atoms with Crippen molar-refractivity contribution < 1.29 is 26.7 Å². The maximum absolute atomic E-state index is 12.8. The Labute approximate surface area is 163 Å². The number of anilines is 1. The fraction of sp³-hybridized carbons (Fsp3) is 0.375. The largest absolute Gasteiger partial charge is 0.480 e. The molecule has 1 aliphatic carbocycles. The third kappa shape index (κ3) is 6.04. The summed E-state index contributed by atoms with van der Waals surface area (Å²) in [4.78, 5) is 14.6. The van der Waals surface area contributed by atoms with Crippen LogP contribution in [0.25, 0.3) is 0 Å². The van der Waals surface area contributed by atoms with Crippen LogP contribution in [0.5, 0.6) is 0 Å². The Bertz CT molecular complexity index is 1020. The highest BCUT2D eigenvalue weighted by atomic mass is 32.2. The van der Waals surface area contributed by atoms with E-state index >= 15 is 0 Å². The molecule has 0 radical (unpaired) electrons. The van der Waals surface area contributed by atoms with Gasteiger partial charge >= 0.3 is 5.97 Å². The second kappa shape index (κ2) is 8.71. The molecule has 0 spiro atoms. The number of carboxylic acids is 1. The van der Waals surface area contributed by atoms with E-state index in [2.05, 4.69) is 14.4 Å². The average Bonchev–Trinajstić information content (AvgIpc) is 2.58. The van der Waals surface area contributed by atoms with Gasteiger partial charge in [0.15, 0.2) is 0 Å². The van der Waals surface area contributed by atoms with E-state index in [0.29, 0.717) is 30.5 Å². The third-order valence-electron chi connectivity index (χ3n) is 3.94. The summed E-state index contributed by atoms with van der Waals surface area (Å²) in [5.74, 6) is -1.10. The van der Waals surface area contributed by atoms with Gasteiger partial charge in [-0.2, -0.15) is 0 Å². The molecule has 0 amide bonds. The lowest BCUT2D eigenvalue weighted by Crippen LogP contribution is -2.41. The second-order valence-corrected chi connectivity index (χ2v) is 9.71. The van der Waals surface area contributed by atoms with Gasteiger partial charge < -0.3 is 10.8 Å². The summed E-state index contributed by atoms with van der Waals surface area (Å²) < 4.78 is 53.0. The number of nitrogens with one attached hydrogen (secondary N) is 2. The Morgan fingerprint density at radius 3 is 2.68 bits per heavy atom. The number of nitrogens with zero attached hydrogens (tertiary/aromatic N) is 1. The smallest absolute Gasteiger partial charge is 0.325 e. The molecule has 1 saturated carbocycles. The number of benzene rings is 1. The molecule has 1 aliphatic rings. The lowest BCUT2D eigenvalue weighted by atomic mass is 9.89. The van der Waals surface area contributed by atoms with Crippen molar-refractivity contribution in [1.82, 2.24) is 4.72 Å². The first-order valence-electron chi connectivity index (χ1n) is 8.29. The van der Waals surface area contributed by atoms with Gasteiger partial charge in [0.1, 0.15) is 6.54 Å². The van der Waals surface area contributed by atoms with E-state index in [1.807, 2.05) is 0 Å². The van der Waals surface area contributed by atoms with Gasteiger partial charge in [-0.25, -0.2) is 21.6 Å². The number of hydrogen-bond acceptors (Lipinski definition) is 7. The van der Waals surface area contributed by atoms with Crippen LogP contribution >= 0.6 is 0 Å². The molecule has 5 N–H and O–H groups in total. The fourth-order valence-electron chi connectivity index (χ4n) is 2.84. The minimum Gasteiger partial charge on any atom is -0.480 e. The number of sulfonamides is 2. The zero-order chi connectivity index (χ0) is 20.9. The average molecular weight is 431 g/mol. The molecule has 0 aromatic heterocycles. The first-order valence-corrected chi connectivity index (χ1v) is 11.7. The summed E-state index contributed by atoms with van der Waals surface area (Å²) in [6, 6.07) is 4.73. The first kappa shape index (κ1) is 21.9. The van der Waals surface area contributed by atoms with Gasteiger partial charge in [0.25, 0.3) is 0 Å². The summed E-state index contributed by atoms with van der Waals surface area (Å²) in [6.07, 6.45) is 3.77. The molecule has 0 bridgehead atoms. The molecule has 1 aromatic carbocycles. The number of aliphatic carboxylic acids is 1. The van der Waals surface area contributed by atoms with Gasteiger partial charge in [0.05, 0.1) is 17.2 Å². The number of nitrogens with two attached hydrogens (primary N) is 1. The molecule has 12 heteroatoms. The van der Waals surface area contributed by atoms with Gasteiger partial charge in [-0.15, -0.1) is 0 Å². The first-order chi connectivity index (χ1) is 13.0.